The molecule has 0 saturated carbocycles. The number of nitrogens with zero attached hydrogens (tertiary/aromatic N) is 3. The summed E-state index contributed by atoms with van der Waals surface area (Å²) in [5.74, 6) is -0.340. The summed E-state index contributed by atoms with van der Waals surface area (Å²) in [4.78, 5) is 30.0. The van der Waals surface area contributed by atoms with Gasteiger partial charge in [-0.25, -0.2) is 4.98 Å². The van der Waals surface area contributed by atoms with Crippen molar-refractivity contribution in [3.8, 4) is 17.0 Å². The molecule has 0 atom stereocenters. The zero-order chi connectivity index (χ0) is 21.8. The van der Waals surface area contributed by atoms with Crippen LogP contribution in [0.3, 0.4) is 0 Å². The van der Waals surface area contributed by atoms with E-state index >= 15 is 0 Å². The van der Waals surface area contributed by atoms with E-state index in [1.165, 1.54) is 25.3 Å². The van der Waals surface area contributed by atoms with Crippen molar-refractivity contribution in [2.45, 2.75) is 0 Å². The number of carbonyl (C=O) groups excluding carboxylic acids is 1. The Morgan fingerprint density at radius 1 is 1.23 bits per heavy atom. The molecule has 0 unspecified atom stereocenters. The first-order valence-electron chi connectivity index (χ1n) is 9.57. The Hall–Kier alpha value is -3.50. The number of hydrogen-bond donors (Lipinski definition) is 1. The molecule has 2 aromatic carbocycles. The average Bonchev–Trinajstić information content (AvgIpc) is 3.30. The normalized spacial score (nSPS) is 13.6. The second-order valence-electron chi connectivity index (χ2n) is 6.79. The molecule has 1 saturated heterocycles. The fraction of sp³-hybridized carbons (Fsp3) is 0.238. The van der Waals surface area contributed by atoms with Gasteiger partial charge in [0.25, 0.3) is 5.91 Å². The molecule has 9 nitrogen and oxygen atoms in total. The number of thiazole rings is 1. The van der Waals surface area contributed by atoms with Crippen LogP contribution in [0.2, 0.25) is 0 Å². The van der Waals surface area contributed by atoms with Crippen molar-refractivity contribution in [3.05, 3.63) is 63.5 Å². The Kier molecular flexibility index (Phi) is 6.10. The number of hydrogen-bond acceptors (Lipinski definition) is 8. The molecule has 1 aromatic heterocycles. The van der Waals surface area contributed by atoms with Gasteiger partial charge in [-0.05, 0) is 24.3 Å². The minimum atomic E-state index is -0.580. The number of nitrogens with one attached hydrogen (secondary N) is 1. The molecule has 1 aliphatic rings. The van der Waals surface area contributed by atoms with Crippen LogP contribution in [0.4, 0.5) is 16.5 Å². The minimum Gasteiger partial charge on any atom is -0.490 e. The minimum absolute atomic E-state index is 0.102. The number of ether oxygens (including phenoxy) is 2. The van der Waals surface area contributed by atoms with Crippen LogP contribution in [-0.2, 0) is 4.74 Å². The lowest BCUT2D eigenvalue weighted by Gasteiger charge is -2.26. The number of carbonyl (C=O) groups is 1. The molecule has 1 fully saturated rings. The summed E-state index contributed by atoms with van der Waals surface area (Å²) in [5.41, 5.74) is 2.30. The third-order valence-corrected chi connectivity index (χ3v) is 5.75. The summed E-state index contributed by atoms with van der Waals surface area (Å²) in [6, 6.07) is 11.4. The van der Waals surface area contributed by atoms with Crippen LogP contribution in [0, 0.1) is 10.1 Å². The number of morpholine rings is 1. The summed E-state index contributed by atoms with van der Waals surface area (Å²) in [6.07, 6.45) is 0. The van der Waals surface area contributed by atoms with Crippen LogP contribution in [0.1, 0.15) is 10.4 Å². The number of benzene rings is 2. The second kappa shape index (κ2) is 9.11. The first-order valence-corrected chi connectivity index (χ1v) is 10.5. The van der Waals surface area contributed by atoms with Gasteiger partial charge in [-0.2, -0.15) is 0 Å². The third-order valence-electron chi connectivity index (χ3n) is 4.85. The van der Waals surface area contributed by atoms with Crippen molar-refractivity contribution in [1.29, 1.82) is 0 Å². The number of rotatable bonds is 6. The van der Waals surface area contributed by atoms with Crippen LogP contribution < -0.4 is 15.0 Å². The van der Waals surface area contributed by atoms with E-state index in [1.54, 1.807) is 23.5 Å². The molecule has 1 N–H and O–H groups in total. The number of nitro groups is 1. The summed E-state index contributed by atoms with van der Waals surface area (Å²) in [6.45, 7) is 3.09. The molecule has 0 radical (unpaired) electrons. The van der Waals surface area contributed by atoms with E-state index in [-0.39, 0.29) is 17.0 Å². The Morgan fingerprint density at radius 2 is 1.97 bits per heavy atom. The van der Waals surface area contributed by atoms with E-state index in [2.05, 4.69) is 10.2 Å². The molecule has 0 aliphatic carbocycles. The van der Waals surface area contributed by atoms with Gasteiger partial charge < -0.3 is 19.7 Å². The zero-order valence-corrected chi connectivity index (χ0v) is 17.6. The van der Waals surface area contributed by atoms with Crippen molar-refractivity contribution < 1.29 is 19.2 Å². The molecule has 10 heteroatoms. The monoisotopic (exact) mass is 440 g/mol. The maximum atomic E-state index is 12.5. The van der Waals surface area contributed by atoms with Crippen molar-refractivity contribution in [2.24, 2.45) is 0 Å². The lowest BCUT2D eigenvalue weighted by Crippen LogP contribution is -2.36. The summed E-state index contributed by atoms with van der Waals surface area (Å²) in [7, 11) is 1.34. The number of nitro benzene ring substituents is 1. The maximum Gasteiger partial charge on any atom is 0.311 e. The standard InChI is InChI=1S/C21H20N4O5S/c1-29-19-7-4-15(12-18(19)25(27)28)20(26)22-16-5-2-14(3-6-16)17-13-31-21(23-17)24-8-10-30-11-9-24/h2-7,12-13H,8-11H2,1H3,(H,22,26). The fourth-order valence-electron chi connectivity index (χ4n) is 3.20. The molecular weight excluding hydrogens is 420 g/mol. The average molecular weight is 440 g/mol. The summed E-state index contributed by atoms with van der Waals surface area (Å²) >= 11 is 1.59. The number of aromatic nitrogens is 1. The number of methoxy groups -OCH3 is 1. The van der Waals surface area contributed by atoms with E-state index in [4.69, 9.17) is 14.5 Å². The molecule has 0 bridgehead atoms. The Labute approximate surface area is 182 Å². The molecule has 1 amide bonds. The lowest BCUT2D eigenvalue weighted by molar-refractivity contribution is -0.385. The van der Waals surface area contributed by atoms with Gasteiger partial charge in [0.05, 0.1) is 30.9 Å². The van der Waals surface area contributed by atoms with Gasteiger partial charge in [0.1, 0.15) is 0 Å². The van der Waals surface area contributed by atoms with Crippen molar-refractivity contribution >= 4 is 33.8 Å². The predicted octanol–water partition coefficient (Wildman–Crippen LogP) is 3.82. The molecular formula is C21H20N4O5S. The van der Waals surface area contributed by atoms with E-state index < -0.39 is 10.8 Å². The van der Waals surface area contributed by atoms with E-state index in [9.17, 15) is 14.9 Å². The van der Waals surface area contributed by atoms with Crippen molar-refractivity contribution in [3.63, 3.8) is 0 Å². The molecule has 0 spiro atoms. The molecule has 4 rings (SSSR count). The van der Waals surface area contributed by atoms with Crippen LogP contribution >= 0.6 is 11.3 Å². The Balaban J connectivity index is 1.45. The molecule has 31 heavy (non-hydrogen) atoms. The van der Waals surface area contributed by atoms with Gasteiger partial charge in [0.15, 0.2) is 10.9 Å². The number of amides is 1. The molecule has 2 heterocycles. The Morgan fingerprint density at radius 3 is 2.65 bits per heavy atom. The van der Waals surface area contributed by atoms with Crippen molar-refractivity contribution in [1.82, 2.24) is 4.98 Å². The first-order chi connectivity index (χ1) is 15.0. The molecule has 160 valence electrons. The van der Waals surface area contributed by atoms with Crippen molar-refractivity contribution in [2.75, 3.05) is 43.6 Å². The van der Waals surface area contributed by atoms with Crippen LogP contribution in [0.15, 0.2) is 47.8 Å². The zero-order valence-electron chi connectivity index (χ0n) is 16.7. The second-order valence-corrected chi connectivity index (χ2v) is 7.63. The predicted molar refractivity (Wildman–Crippen MR) is 118 cm³/mol. The SMILES string of the molecule is COc1ccc(C(=O)Nc2ccc(-c3csc(N4CCOCC4)n3)cc2)cc1[N+](=O)[O-]. The highest BCUT2D eigenvalue weighted by atomic mass is 32.1. The highest BCUT2D eigenvalue weighted by Crippen LogP contribution is 2.30. The van der Waals surface area contributed by atoms with Gasteiger partial charge in [-0.1, -0.05) is 12.1 Å². The molecule has 1 aliphatic heterocycles. The molecule has 3 aromatic rings. The highest BCUT2D eigenvalue weighted by molar-refractivity contribution is 7.14. The van der Waals surface area contributed by atoms with Gasteiger partial charge >= 0.3 is 5.69 Å². The largest absolute Gasteiger partial charge is 0.490 e. The Bertz CT molecular complexity index is 1090. The van der Waals surface area contributed by atoms with Crippen LogP contribution in [0.25, 0.3) is 11.3 Å². The van der Waals surface area contributed by atoms with Crippen LogP contribution in [0.5, 0.6) is 5.75 Å². The van der Waals surface area contributed by atoms with Gasteiger partial charge in [-0.15, -0.1) is 11.3 Å². The van der Waals surface area contributed by atoms with Crippen LogP contribution in [-0.4, -0.2) is 49.2 Å². The number of anilines is 2. The first kappa shape index (κ1) is 20.8. The summed E-state index contributed by atoms with van der Waals surface area (Å²) < 4.78 is 10.3. The topological polar surface area (TPSA) is 107 Å². The summed E-state index contributed by atoms with van der Waals surface area (Å²) in [5, 5.41) is 16.9. The van der Waals surface area contributed by atoms with Gasteiger partial charge in [-0.3, -0.25) is 14.9 Å². The van der Waals surface area contributed by atoms with Gasteiger partial charge in [0.2, 0.25) is 0 Å². The quantitative estimate of drug-likeness (QED) is 0.459. The smallest absolute Gasteiger partial charge is 0.311 e. The van der Waals surface area contributed by atoms with Gasteiger partial charge in [0, 0.05) is 41.4 Å². The maximum absolute atomic E-state index is 12.5. The van der Waals surface area contributed by atoms with E-state index in [0.717, 1.165) is 29.5 Å². The fourth-order valence-corrected chi connectivity index (χ4v) is 4.09. The highest BCUT2D eigenvalue weighted by Gasteiger charge is 2.19. The van der Waals surface area contributed by atoms with E-state index in [1.807, 2.05) is 17.5 Å². The lowest BCUT2D eigenvalue weighted by atomic mass is 10.1. The third kappa shape index (κ3) is 4.65. The van der Waals surface area contributed by atoms with E-state index in [0.29, 0.717) is 18.9 Å².